The summed E-state index contributed by atoms with van der Waals surface area (Å²) in [4.78, 5) is 28.2. The predicted octanol–water partition coefficient (Wildman–Crippen LogP) is 2.40. The van der Waals surface area contributed by atoms with Gasteiger partial charge >= 0.3 is 0 Å². The van der Waals surface area contributed by atoms with Crippen molar-refractivity contribution in [3.8, 4) is 0 Å². The van der Waals surface area contributed by atoms with Crippen molar-refractivity contribution < 1.29 is 14.0 Å². The van der Waals surface area contributed by atoms with Crippen molar-refractivity contribution in [3.63, 3.8) is 0 Å². The van der Waals surface area contributed by atoms with Crippen molar-refractivity contribution in [3.05, 3.63) is 35.6 Å². The first-order valence-corrected chi connectivity index (χ1v) is 8.42. The summed E-state index contributed by atoms with van der Waals surface area (Å²) in [6.45, 7) is 4.53. The van der Waals surface area contributed by atoms with Crippen LogP contribution in [0.1, 0.15) is 37.7 Å². The third kappa shape index (κ3) is 3.54. The van der Waals surface area contributed by atoms with Gasteiger partial charge < -0.3 is 9.80 Å². The molecule has 0 spiro atoms. The Kier molecular flexibility index (Phi) is 4.64. The number of piperazine rings is 1. The quantitative estimate of drug-likeness (QED) is 0.855. The summed E-state index contributed by atoms with van der Waals surface area (Å²) in [7, 11) is 0. The molecule has 1 aliphatic carbocycles. The number of hydrogen-bond acceptors (Lipinski definition) is 2. The molecule has 1 saturated heterocycles. The fourth-order valence-electron chi connectivity index (χ4n) is 3.33. The van der Waals surface area contributed by atoms with Gasteiger partial charge in [-0.2, -0.15) is 0 Å². The minimum absolute atomic E-state index is 0.0263. The molecule has 0 radical (unpaired) electrons. The van der Waals surface area contributed by atoms with E-state index in [-0.39, 0.29) is 29.5 Å². The van der Waals surface area contributed by atoms with Crippen LogP contribution in [0.25, 0.3) is 0 Å². The van der Waals surface area contributed by atoms with Gasteiger partial charge in [-0.05, 0) is 36.5 Å². The maximum absolute atomic E-state index is 13.0. The van der Waals surface area contributed by atoms with E-state index in [9.17, 15) is 14.0 Å². The third-order valence-electron chi connectivity index (χ3n) is 4.81. The fourth-order valence-corrected chi connectivity index (χ4v) is 3.33. The third-order valence-corrected chi connectivity index (χ3v) is 4.81. The van der Waals surface area contributed by atoms with Crippen LogP contribution < -0.4 is 0 Å². The van der Waals surface area contributed by atoms with E-state index in [2.05, 4.69) is 0 Å². The smallest absolute Gasteiger partial charge is 0.226 e. The molecule has 1 aromatic rings. The number of carbonyl (C=O) groups is 2. The van der Waals surface area contributed by atoms with Gasteiger partial charge in [-0.3, -0.25) is 9.59 Å². The first kappa shape index (κ1) is 16.0. The van der Waals surface area contributed by atoms with E-state index < -0.39 is 0 Å². The van der Waals surface area contributed by atoms with Gasteiger partial charge in [-0.15, -0.1) is 0 Å². The second kappa shape index (κ2) is 6.69. The molecule has 2 aliphatic rings. The molecule has 23 heavy (non-hydrogen) atoms. The number of halogens is 1. The fraction of sp³-hybridized carbons (Fsp3) is 0.556. The molecular weight excluding hydrogens is 295 g/mol. The minimum Gasteiger partial charge on any atom is -0.339 e. The van der Waals surface area contributed by atoms with Crippen LogP contribution in [0.5, 0.6) is 0 Å². The van der Waals surface area contributed by atoms with Crippen molar-refractivity contribution in [2.75, 3.05) is 26.2 Å². The number of carbonyl (C=O) groups excluding carboxylic acids is 2. The lowest BCUT2D eigenvalue weighted by molar-refractivity contribution is -0.140. The van der Waals surface area contributed by atoms with Gasteiger partial charge in [0, 0.05) is 38.5 Å². The highest BCUT2D eigenvalue weighted by Gasteiger charge is 2.46. The molecule has 1 aliphatic heterocycles. The Morgan fingerprint density at radius 1 is 1.09 bits per heavy atom. The number of amides is 2. The standard InChI is InChI=1S/C18H23FN2O2/c1-2-3-17(22)20-8-10-21(11-9-20)18(23)16-12-15(16)13-4-6-14(19)7-5-13/h4-7,15-16H,2-3,8-12H2,1H3. The molecule has 2 amide bonds. The topological polar surface area (TPSA) is 40.6 Å². The highest BCUT2D eigenvalue weighted by molar-refractivity contribution is 5.83. The lowest BCUT2D eigenvalue weighted by Gasteiger charge is -2.35. The normalized spacial score (nSPS) is 23.7. The molecule has 1 heterocycles. The highest BCUT2D eigenvalue weighted by atomic mass is 19.1. The Hall–Kier alpha value is -1.91. The number of benzene rings is 1. The van der Waals surface area contributed by atoms with Crippen molar-refractivity contribution >= 4 is 11.8 Å². The number of nitrogens with zero attached hydrogens (tertiary/aromatic N) is 2. The molecule has 5 heteroatoms. The minimum atomic E-state index is -0.245. The van der Waals surface area contributed by atoms with Crippen LogP contribution >= 0.6 is 0 Å². The van der Waals surface area contributed by atoms with Gasteiger partial charge in [0.2, 0.25) is 11.8 Å². The van der Waals surface area contributed by atoms with Crippen molar-refractivity contribution in [2.45, 2.75) is 32.1 Å². The largest absolute Gasteiger partial charge is 0.339 e. The molecule has 0 bridgehead atoms. The predicted molar refractivity (Wildman–Crippen MR) is 85.3 cm³/mol. The molecule has 1 aromatic carbocycles. The van der Waals surface area contributed by atoms with E-state index in [0.29, 0.717) is 32.6 Å². The first-order chi connectivity index (χ1) is 11.1. The Morgan fingerprint density at radius 2 is 1.70 bits per heavy atom. The second-order valence-electron chi connectivity index (χ2n) is 6.46. The van der Waals surface area contributed by atoms with Crippen LogP contribution in [0.4, 0.5) is 4.39 Å². The van der Waals surface area contributed by atoms with E-state index in [4.69, 9.17) is 0 Å². The van der Waals surface area contributed by atoms with Crippen LogP contribution in [0, 0.1) is 11.7 Å². The van der Waals surface area contributed by atoms with Crippen LogP contribution in [0.2, 0.25) is 0 Å². The highest BCUT2D eigenvalue weighted by Crippen LogP contribution is 2.48. The molecule has 4 nitrogen and oxygen atoms in total. The van der Waals surface area contributed by atoms with E-state index in [1.165, 1.54) is 12.1 Å². The average molecular weight is 318 g/mol. The van der Waals surface area contributed by atoms with E-state index >= 15 is 0 Å². The Morgan fingerprint density at radius 3 is 2.30 bits per heavy atom. The van der Waals surface area contributed by atoms with Gasteiger partial charge in [0.15, 0.2) is 0 Å². The lowest BCUT2D eigenvalue weighted by Crippen LogP contribution is -2.51. The van der Waals surface area contributed by atoms with E-state index in [0.717, 1.165) is 18.4 Å². The van der Waals surface area contributed by atoms with Gasteiger partial charge in [-0.25, -0.2) is 4.39 Å². The molecule has 1 saturated carbocycles. The first-order valence-electron chi connectivity index (χ1n) is 8.42. The van der Waals surface area contributed by atoms with Crippen LogP contribution in [0.3, 0.4) is 0 Å². The monoisotopic (exact) mass is 318 g/mol. The Bertz CT molecular complexity index is 579. The second-order valence-corrected chi connectivity index (χ2v) is 6.46. The zero-order valence-corrected chi connectivity index (χ0v) is 13.5. The average Bonchev–Trinajstić information content (AvgIpc) is 3.36. The van der Waals surface area contributed by atoms with Crippen LogP contribution in [0.15, 0.2) is 24.3 Å². The zero-order chi connectivity index (χ0) is 16.4. The summed E-state index contributed by atoms with van der Waals surface area (Å²) in [6, 6.07) is 6.45. The maximum atomic E-state index is 13.0. The SMILES string of the molecule is CCCC(=O)N1CCN(C(=O)C2CC2c2ccc(F)cc2)CC1. The lowest BCUT2D eigenvalue weighted by atomic mass is 10.1. The van der Waals surface area contributed by atoms with Gasteiger partial charge in [0.25, 0.3) is 0 Å². The van der Waals surface area contributed by atoms with Gasteiger partial charge in [0.05, 0.1) is 0 Å². The van der Waals surface area contributed by atoms with Crippen LogP contribution in [-0.4, -0.2) is 47.8 Å². The van der Waals surface area contributed by atoms with Crippen LogP contribution in [-0.2, 0) is 9.59 Å². The van der Waals surface area contributed by atoms with Crippen molar-refractivity contribution in [1.82, 2.24) is 9.80 Å². The molecule has 3 rings (SSSR count). The van der Waals surface area contributed by atoms with Gasteiger partial charge in [0.1, 0.15) is 5.82 Å². The number of rotatable bonds is 4. The molecule has 0 aromatic heterocycles. The van der Waals surface area contributed by atoms with Crippen molar-refractivity contribution in [1.29, 1.82) is 0 Å². The molecule has 124 valence electrons. The summed E-state index contributed by atoms with van der Waals surface area (Å²) >= 11 is 0. The Balaban J connectivity index is 1.51. The van der Waals surface area contributed by atoms with E-state index in [1.54, 1.807) is 12.1 Å². The molecular formula is C18H23FN2O2. The van der Waals surface area contributed by atoms with E-state index in [1.807, 2.05) is 16.7 Å². The number of hydrogen-bond donors (Lipinski definition) is 0. The molecule has 2 unspecified atom stereocenters. The zero-order valence-electron chi connectivity index (χ0n) is 13.5. The summed E-state index contributed by atoms with van der Waals surface area (Å²) in [6.07, 6.45) is 2.29. The molecule has 2 fully saturated rings. The molecule has 0 N–H and O–H groups in total. The summed E-state index contributed by atoms with van der Waals surface area (Å²) < 4.78 is 13.0. The van der Waals surface area contributed by atoms with Crippen molar-refractivity contribution in [2.24, 2.45) is 5.92 Å². The summed E-state index contributed by atoms with van der Waals surface area (Å²) in [5, 5.41) is 0. The summed E-state index contributed by atoms with van der Waals surface area (Å²) in [5.41, 5.74) is 1.04. The van der Waals surface area contributed by atoms with Gasteiger partial charge in [-0.1, -0.05) is 19.1 Å². The Labute approximate surface area is 136 Å². The maximum Gasteiger partial charge on any atom is 0.226 e. The molecule has 2 atom stereocenters. The summed E-state index contributed by atoms with van der Waals surface area (Å²) in [5.74, 6) is 0.378.